The lowest BCUT2D eigenvalue weighted by atomic mass is 9.97. The Labute approximate surface area is 250 Å². The van der Waals surface area contributed by atoms with Crippen molar-refractivity contribution >= 4 is 44.5 Å². The summed E-state index contributed by atoms with van der Waals surface area (Å²) in [7, 11) is -4.29. The molecule has 1 aliphatic rings. The summed E-state index contributed by atoms with van der Waals surface area (Å²) in [5, 5.41) is 21.4. The fourth-order valence-corrected chi connectivity index (χ4v) is 6.29. The molecule has 1 saturated heterocycles. The van der Waals surface area contributed by atoms with Gasteiger partial charge in [-0.3, -0.25) is 19.8 Å². The number of hydrogen-bond donors (Lipinski definition) is 5. The second-order valence-corrected chi connectivity index (χ2v) is 12.3. The van der Waals surface area contributed by atoms with E-state index in [2.05, 4.69) is 10.0 Å². The Kier molecular flexibility index (Phi) is 10.3. The fourth-order valence-electron chi connectivity index (χ4n) is 5.06. The number of hydrogen-bond acceptors (Lipinski definition) is 6. The van der Waals surface area contributed by atoms with Gasteiger partial charge in [0.25, 0.3) is 0 Å². The van der Waals surface area contributed by atoms with Crippen LogP contribution in [0.2, 0.25) is 0 Å². The van der Waals surface area contributed by atoms with Crippen LogP contribution in [0.3, 0.4) is 0 Å². The van der Waals surface area contributed by atoms with Crippen LogP contribution >= 0.6 is 0 Å². The van der Waals surface area contributed by atoms with Crippen LogP contribution in [0.5, 0.6) is 0 Å². The van der Waals surface area contributed by atoms with Crippen LogP contribution in [-0.2, 0) is 31.0 Å². The third-order valence-electron chi connectivity index (χ3n) is 7.41. The first-order chi connectivity index (χ1) is 20.5. The number of nitrogens with two attached hydrogens (primary N) is 1. The summed E-state index contributed by atoms with van der Waals surface area (Å²) in [6.45, 7) is 0.721. The lowest BCUT2D eigenvalue weighted by molar-refractivity contribution is -0.146. The number of fused-ring (bicyclic) bond motifs is 1. The zero-order valence-electron chi connectivity index (χ0n) is 23.6. The average molecular weight is 609 g/mol. The molecule has 0 aliphatic carbocycles. The Morgan fingerprint density at radius 1 is 1.00 bits per heavy atom. The maximum Gasteiger partial charge on any atom is 0.323 e. The maximum absolute atomic E-state index is 13.8. The van der Waals surface area contributed by atoms with E-state index in [9.17, 15) is 27.9 Å². The predicted octanol–water partition coefficient (Wildman–Crippen LogP) is 1.71. The van der Waals surface area contributed by atoms with Crippen LogP contribution in [0.15, 0.2) is 77.7 Å². The number of nitrogens with one attached hydrogen (secondary N) is 3. The van der Waals surface area contributed by atoms with Gasteiger partial charge in [0.05, 0.1) is 11.3 Å². The van der Waals surface area contributed by atoms with Crippen molar-refractivity contribution in [3.05, 3.63) is 78.4 Å². The van der Waals surface area contributed by atoms with E-state index in [0.29, 0.717) is 43.4 Å². The molecule has 4 rings (SSSR count). The highest BCUT2D eigenvalue weighted by Crippen LogP contribution is 2.20. The molecule has 1 fully saturated rings. The van der Waals surface area contributed by atoms with Gasteiger partial charge in [-0.15, -0.1) is 0 Å². The standard InChI is InChI=1S/C30H36N6O6S/c31-30(32)35-14-12-21(13-15-35)18-33-27(37)17-26(29(40)36(20-28(38)39)19-22-6-2-1-3-7-22)34-43(41,42)25-11-10-23-8-4-5-9-24(23)16-25/h1-11,16,21,26,34H,12-15,17-20H2,(H3,31,32)(H,33,37)(H,38,39)/t26-/m0/s1. The number of nitrogens with zero attached hydrogens (tertiary/aromatic N) is 2. The molecule has 6 N–H and O–H groups in total. The van der Waals surface area contributed by atoms with Crippen molar-refractivity contribution in [3.63, 3.8) is 0 Å². The summed E-state index contributed by atoms with van der Waals surface area (Å²) in [5.74, 6) is -2.53. The van der Waals surface area contributed by atoms with E-state index in [-0.39, 0.29) is 23.3 Å². The number of amides is 2. The van der Waals surface area contributed by atoms with Crippen LogP contribution in [-0.4, -0.2) is 79.3 Å². The van der Waals surface area contributed by atoms with Crippen molar-refractivity contribution in [2.24, 2.45) is 11.7 Å². The smallest absolute Gasteiger partial charge is 0.323 e. The van der Waals surface area contributed by atoms with E-state index in [0.717, 1.165) is 10.3 Å². The van der Waals surface area contributed by atoms with Gasteiger partial charge in [-0.2, -0.15) is 4.72 Å². The summed E-state index contributed by atoms with van der Waals surface area (Å²) >= 11 is 0. The summed E-state index contributed by atoms with van der Waals surface area (Å²) in [6.07, 6.45) is 0.892. The molecule has 3 aromatic rings. The zero-order chi connectivity index (χ0) is 31.0. The fraction of sp³-hybridized carbons (Fsp3) is 0.333. The molecular weight excluding hydrogens is 572 g/mol. The summed E-state index contributed by atoms with van der Waals surface area (Å²) < 4.78 is 29.4. The minimum atomic E-state index is -4.29. The van der Waals surface area contributed by atoms with Gasteiger partial charge in [-0.1, -0.05) is 60.7 Å². The van der Waals surface area contributed by atoms with Gasteiger partial charge in [0.1, 0.15) is 12.6 Å². The highest BCUT2D eigenvalue weighted by Gasteiger charge is 2.33. The number of carbonyl (C=O) groups excluding carboxylic acids is 2. The van der Waals surface area contributed by atoms with Gasteiger partial charge in [0, 0.05) is 26.2 Å². The van der Waals surface area contributed by atoms with Gasteiger partial charge >= 0.3 is 5.97 Å². The monoisotopic (exact) mass is 608 g/mol. The molecule has 3 aromatic carbocycles. The molecule has 0 spiro atoms. The molecule has 0 bridgehead atoms. The molecule has 228 valence electrons. The van der Waals surface area contributed by atoms with Gasteiger partial charge in [0.15, 0.2) is 5.96 Å². The number of carboxylic acid groups (broad SMARTS) is 1. The van der Waals surface area contributed by atoms with E-state index in [1.807, 2.05) is 12.1 Å². The molecule has 0 unspecified atom stereocenters. The van der Waals surface area contributed by atoms with E-state index in [1.165, 1.54) is 12.1 Å². The van der Waals surface area contributed by atoms with Crippen LogP contribution < -0.4 is 15.8 Å². The van der Waals surface area contributed by atoms with Gasteiger partial charge < -0.3 is 26.0 Å². The molecule has 13 heteroatoms. The molecule has 2 amide bonds. The average Bonchev–Trinajstić information content (AvgIpc) is 2.99. The molecular formula is C30H36N6O6S. The van der Waals surface area contributed by atoms with Gasteiger partial charge in [0.2, 0.25) is 21.8 Å². The Hall–Kier alpha value is -4.49. The molecule has 12 nitrogen and oxygen atoms in total. The van der Waals surface area contributed by atoms with E-state index >= 15 is 0 Å². The third-order valence-corrected chi connectivity index (χ3v) is 8.88. The quantitative estimate of drug-likeness (QED) is 0.152. The van der Waals surface area contributed by atoms with Crippen LogP contribution in [0, 0.1) is 11.3 Å². The van der Waals surface area contributed by atoms with Crippen LogP contribution in [0.25, 0.3) is 10.8 Å². The topological polar surface area (TPSA) is 186 Å². The number of guanidine groups is 1. The summed E-state index contributed by atoms with van der Waals surface area (Å²) in [4.78, 5) is 41.2. The van der Waals surface area contributed by atoms with Crippen molar-refractivity contribution in [1.82, 2.24) is 19.8 Å². The Balaban J connectivity index is 1.54. The van der Waals surface area contributed by atoms with Crippen molar-refractivity contribution in [2.45, 2.75) is 36.7 Å². The maximum atomic E-state index is 13.8. The SMILES string of the molecule is N=C(N)N1CCC(CNC(=O)C[C@H](NS(=O)(=O)c2ccc3ccccc3c2)C(=O)N(CC(=O)O)Cc2ccccc2)CC1. The van der Waals surface area contributed by atoms with Crippen molar-refractivity contribution < 1.29 is 27.9 Å². The third kappa shape index (κ3) is 8.75. The number of likely N-dealkylation sites (tertiary alicyclic amines) is 1. The highest BCUT2D eigenvalue weighted by atomic mass is 32.2. The largest absolute Gasteiger partial charge is 0.480 e. The number of benzene rings is 3. The molecule has 0 aromatic heterocycles. The van der Waals surface area contributed by atoms with Gasteiger partial charge in [-0.05, 0) is 47.2 Å². The van der Waals surface area contributed by atoms with E-state index in [1.54, 1.807) is 53.4 Å². The first kappa shape index (κ1) is 31.4. The normalized spacial score (nSPS) is 14.7. The zero-order valence-corrected chi connectivity index (χ0v) is 24.4. The first-order valence-corrected chi connectivity index (χ1v) is 15.4. The number of carboxylic acids is 1. The number of carbonyl (C=O) groups is 3. The van der Waals surface area contributed by atoms with Crippen molar-refractivity contribution in [1.29, 1.82) is 5.41 Å². The molecule has 0 radical (unpaired) electrons. The van der Waals surface area contributed by atoms with E-state index < -0.39 is 46.8 Å². The molecule has 0 saturated carbocycles. The minimum absolute atomic E-state index is 0.00366. The number of sulfonamides is 1. The Morgan fingerprint density at radius 3 is 2.30 bits per heavy atom. The number of aliphatic carboxylic acids is 1. The number of piperidine rings is 1. The summed E-state index contributed by atoms with van der Waals surface area (Å²) in [5.41, 5.74) is 6.20. The second kappa shape index (κ2) is 14.1. The lowest BCUT2D eigenvalue weighted by Crippen LogP contribution is -2.51. The Morgan fingerprint density at radius 2 is 1.65 bits per heavy atom. The van der Waals surface area contributed by atoms with Crippen LogP contribution in [0.1, 0.15) is 24.8 Å². The predicted molar refractivity (Wildman–Crippen MR) is 161 cm³/mol. The second-order valence-electron chi connectivity index (χ2n) is 10.6. The summed E-state index contributed by atoms with van der Waals surface area (Å²) in [6, 6.07) is 18.9. The van der Waals surface area contributed by atoms with Gasteiger partial charge in [-0.25, -0.2) is 8.42 Å². The highest BCUT2D eigenvalue weighted by molar-refractivity contribution is 7.89. The molecule has 1 heterocycles. The number of rotatable bonds is 12. The first-order valence-electron chi connectivity index (χ1n) is 13.9. The molecule has 1 atom stereocenters. The minimum Gasteiger partial charge on any atom is -0.480 e. The van der Waals surface area contributed by atoms with Crippen LogP contribution in [0.4, 0.5) is 0 Å². The van der Waals surface area contributed by atoms with E-state index in [4.69, 9.17) is 11.1 Å². The van der Waals surface area contributed by atoms with Crippen molar-refractivity contribution in [2.75, 3.05) is 26.2 Å². The Bertz CT molecular complexity index is 1570. The molecule has 43 heavy (non-hydrogen) atoms. The van der Waals surface area contributed by atoms with Crippen molar-refractivity contribution in [3.8, 4) is 0 Å². The lowest BCUT2D eigenvalue weighted by Gasteiger charge is -2.32. The molecule has 1 aliphatic heterocycles.